The van der Waals surface area contributed by atoms with Gasteiger partial charge >= 0.3 is 0 Å². The number of hydrogen-bond acceptors (Lipinski definition) is 4. The number of likely N-dealkylation sites (tertiary alicyclic amines) is 1. The van der Waals surface area contributed by atoms with E-state index in [0.717, 1.165) is 60.0 Å². The van der Waals surface area contributed by atoms with Crippen LogP contribution in [-0.2, 0) is 6.42 Å². The average molecular weight is 409 g/mol. The minimum absolute atomic E-state index is 0.0575. The highest BCUT2D eigenvalue weighted by Crippen LogP contribution is 2.41. The summed E-state index contributed by atoms with van der Waals surface area (Å²) in [5.74, 6) is 0.456. The van der Waals surface area contributed by atoms with Gasteiger partial charge in [0.2, 0.25) is 0 Å². The van der Waals surface area contributed by atoms with Crippen LogP contribution in [0.25, 0.3) is 5.65 Å². The molecular formula is C23H25ClN4O. The molecule has 29 heavy (non-hydrogen) atoms. The van der Waals surface area contributed by atoms with E-state index in [9.17, 15) is 4.79 Å². The van der Waals surface area contributed by atoms with Gasteiger partial charge in [0.15, 0.2) is 0 Å². The van der Waals surface area contributed by atoms with Gasteiger partial charge in [-0.2, -0.15) is 0 Å². The van der Waals surface area contributed by atoms with Crippen molar-refractivity contribution >= 4 is 22.9 Å². The molecule has 1 fully saturated rings. The van der Waals surface area contributed by atoms with Gasteiger partial charge in [0.25, 0.3) is 5.56 Å². The molecule has 5 rings (SSSR count). The van der Waals surface area contributed by atoms with Crippen LogP contribution in [0.15, 0.2) is 41.3 Å². The van der Waals surface area contributed by atoms with Gasteiger partial charge in [0.05, 0.1) is 0 Å². The van der Waals surface area contributed by atoms with E-state index in [-0.39, 0.29) is 5.56 Å². The normalized spacial score (nSPS) is 21.1. The van der Waals surface area contributed by atoms with Gasteiger partial charge in [-0.15, -0.1) is 0 Å². The monoisotopic (exact) mass is 408 g/mol. The lowest BCUT2D eigenvalue weighted by atomic mass is 9.89. The van der Waals surface area contributed by atoms with Gasteiger partial charge in [0.1, 0.15) is 5.65 Å². The van der Waals surface area contributed by atoms with Crippen molar-refractivity contribution in [3.05, 3.63) is 74.3 Å². The van der Waals surface area contributed by atoms with Crippen molar-refractivity contribution in [1.82, 2.24) is 14.3 Å². The SMILES string of the molecule is Cc1ccn2c(=O)c(CCN3CCC4Nc5ccc(Cl)cc5C4C3)c(C)nc2c1. The summed E-state index contributed by atoms with van der Waals surface area (Å²) < 4.78 is 1.67. The molecule has 150 valence electrons. The second-order valence-corrected chi connectivity index (χ2v) is 8.78. The largest absolute Gasteiger partial charge is 0.381 e. The first kappa shape index (κ1) is 18.6. The molecule has 0 radical (unpaired) electrons. The second kappa shape index (κ2) is 7.15. The van der Waals surface area contributed by atoms with Crippen molar-refractivity contribution in [2.45, 2.75) is 38.6 Å². The lowest BCUT2D eigenvalue weighted by molar-refractivity contribution is 0.204. The number of aromatic nitrogens is 2. The number of nitrogens with one attached hydrogen (secondary N) is 1. The number of benzene rings is 1. The summed E-state index contributed by atoms with van der Waals surface area (Å²) in [7, 11) is 0. The Hall–Kier alpha value is -2.37. The molecule has 0 saturated carbocycles. The maximum Gasteiger partial charge on any atom is 0.261 e. The number of piperidine rings is 1. The molecule has 1 aromatic carbocycles. The number of hydrogen-bond donors (Lipinski definition) is 1. The van der Waals surface area contributed by atoms with Crippen LogP contribution in [0.4, 0.5) is 5.69 Å². The van der Waals surface area contributed by atoms with E-state index in [0.29, 0.717) is 12.0 Å². The fourth-order valence-corrected chi connectivity index (χ4v) is 5.01. The van der Waals surface area contributed by atoms with E-state index in [1.165, 1.54) is 11.3 Å². The lowest BCUT2D eigenvalue weighted by Gasteiger charge is -2.35. The Balaban J connectivity index is 1.35. The molecule has 2 aliphatic heterocycles. The van der Waals surface area contributed by atoms with Crippen LogP contribution in [0.5, 0.6) is 0 Å². The van der Waals surface area contributed by atoms with Crippen LogP contribution in [0, 0.1) is 13.8 Å². The third-order valence-electron chi connectivity index (χ3n) is 6.41. The highest BCUT2D eigenvalue weighted by atomic mass is 35.5. The van der Waals surface area contributed by atoms with E-state index < -0.39 is 0 Å². The predicted octanol–water partition coefficient (Wildman–Crippen LogP) is 3.79. The van der Waals surface area contributed by atoms with Gasteiger partial charge in [-0.3, -0.25) is 9.20 Å². The van der Waals surface area contributed by atoms with Gasteiger partial charge in [0, 0.05) is 59.8 Å². The number of aryl methyl sites for hydroxylation is 2. The summed E-state index contributed by atoms with van der Waals surface area (Å²) in [4.78, 5) is 20.1. The quantitative estimate of drug-likeness (QED) is 0.716. The van der Waals surface area contributed by atoms with Crippen LogP contribution < -0.4 is 10.9 Å². The Kier molecular flexibility index (Phi) is 4.60. The molecule has 0 bridgehead atoms. The number of fused-ring (bicyclic) bond motifs is 4. The Labute approximate surface area is 175 Å². The van der Waals surface area contributed by atoms with E-state index in [1.807, 2.05) is 38.2 Å². The number of nitrogens with zero attached hydrogens (tertiary/aromatic N) is 3. The molecule has 1 N–H and O–H groups in total. The molecule has 6 heteroatoms. The molecule has 4 heterocycles. The molecule has 0 spiro atoms. The van der Waals surface area contributed by atoms with Gasteiger partial charge in [-0.25, -0.2) is 4.98 Å². The topological polar surface area (TPSA) is 49.6 Å². The highest BCUT2D eigenvalue weighted by Gasteiger charge is 2.36. The van der Waals surface area contributed by atoms with E-state index >= 15 is 0 Å². The summed E-state index contributed by atoms with van der Waals surface area (Å²) >= 11 is 6.24. The maximum absolute atomic E-state index is 13.0. The highest BCUT2D eigenvalue weighted by molar-refractivity contribution is 6.30. The maximum atomic E-state index is 13.0. The zero-order chi connectivity index (χ0) is 20.1. The molecule has 0 amide bonds. The Morgan fingerprint density at radius 2 is 2.10 bits per heavy atom. The fraction of sp³-hybridized carbons (Fsp3) is 0.391. The minimum Gasteiger partial charge on any atom is -0.381 e. The third kappa shape index (κ3) is 3.32. The van der Waals surface area contributed by atoms with Crippen LogP contribution in [-0.4, -0.2) is 40.0 Å². The average Bonchev–Trinajstić information content (AvgIpc) is 3.04. The lowest BCUT2D eigenvalue weighted by Crippen LogP contribution is -2.43. The summed E-state index contributed by atoms with van der Waals surface area (Å²) in [6.45, 7) is 6.86. The Bertz CT molecular complexity index is 1160. The molecule has 2 aliphatic rings. The van der Waals surface area contributed by atoms with Crippen LogP contribution in [0.3, 0.4) is 0 Å². The van der Waals surface area contributed by atoms with Crippen molar-refractivity contribution < 1.29 is 0 Å². The number of halogens is 1. The van der Waals surface area contributed by atoms with Crippen molar-refractivity contribution in [2.75, 3.05) is 25.0 Å². The zero-order valence-corrected chi connectivity index (χ0v) is 17.5. The number of anilines is 1. The van der Waals surface area contributed by atoms with Gasteiger partial charge < -0.3 is 10.2 Å². The predicted molar refractivity (Wildman–Crippen MR) is 117 cm³/mol. The summed E-state index contributed by atoms with van der Waals surface area (Å²) in [5.41, 5.74) is 6.10. The second-order valence-electron chi connectivity index (χ2n) is 8.34. The third-order valence-corrected chi connectivity index (χ3v) is 6.65. The van der Waals surface area contributed by atoms with Crippen LogP contribution in [0.2, 0.25) is 5.02 Å². The molecule has 5 nitrogen and oxygen atoms in total. The van der Waals surface area contributed by atoms with Crippen molar-refractivity contribution in [3.63, 3.8) is 0 Å². The van der Waals surface area contributed by atoms with E-state index in [1.54, 1.807) is 4.40 Å². The summed E-state index contributed by atoms with van der Waals surface area (Å²) in [5, 5.41) is 4.45. The summed E-state index contributed by atoms with van der Waals surface area (Å²) in [6.07, 6.45) is 3.66. The van der Waals surface area contributed by atoms with E-state index in [2.05, 4.69) is 27.3 Å². The number of pyridine rings is 1. The molecule has 2 unspecified atom stereocenters. The summed E-state index contributed by atoms with van der Waals surface area (Å²) in [6, 6.07) is 10.5. The Morgan fingerprint density at radius 1 is 1.24 bits per heavy atom. The molecule has 2 atom stereocenters. The Morgan fingerprint density at radius 3 is 2.97 bits per heavy atom. The first-order chi connectivity index (χ1) is 14.0. The fourth-order valence-electron chi connectivity index (χ4n) is 4.83. The van der Waals surface area contributed by atoms with Gasteiger partial charge in [-0.05, 0) is 68.1 Å². The smallest absolute Gasteiger partial charge is 0.261 e. The van der Waals surface area contributed by atoms with Crippen molar-refractivity contribution in [1.29, 1.82) is 0 Å². The minimum atomic E-state index is 0.0575. The van der Waals surface area contributed by atoms with Crippen molar-refractivity contribution in [3.8, 4) is 0 Å². The molecular weight excluding hydrogens is 384 g/mol. The first-order valence-electron chi connectivity index (χ1n) is 10.3. The molecule has 2 aromatic heterocycles. The number of rotatable bonds is 3. The molecule has 1 saturated heterocycles. The van der Waals surface area contributed by atoms with Crippen molar-refractivity contribution in [2.24, 2.45) is 0 Å². The molecule has 0 aliphatic carbocycles. The first-order valence-corrected chi connectivity index (χ1v) is 10.6. The van der Waals surface area contributed by atoms with Crippen LogP contribution in [0.1, 0.15) is 34.7 Å². The van der Waals surface area contributed by atoms with Gasteiger partial charge in [-0.1, -0.05) is 11.6 Å². The van der Waals surface area contributed by atoms with Crippen LogP contribution >= 0.6 is 11.6 Å². The standard InChI is InChI=1S/C23H25ClN4O/c1-14-5-10-28-22(11-14)25-15(2)17(23(28)29)6-8-27-9-7-21-19(13-27)18-12-16(24)3-4-20(18)26-21/h3-5,10-12,19,21,26H,6-9,13H2,1-2H3. The van der Waals surface area contributed by atoms with E-state index in [4.69, 9.17) is 11.6 Å². The zero-order valence-electron chi connectivity index (χ0n) is 16.8. The molecule has 3 aromatic rings.